The van der Waals surface area contributed by atoms with Crippen LogP contribution in [0.2, 0.25) is 0 Å². The van der Waals surface area contributed by atoms with Gasteiger partial charge in [0.1, 0.15) is 5.82 Å². The van der Waals surface area contributed by atoms with Crippen molar-refractivity contribution in [2.75, 3.05) is 17.2 Å². The highest BCUT2D eigenvalue weighted by Crippen LogP contribution is 2.08. The fourth-order valence-corrected chi connectivity index (χ4v) is 1.52. The van der Waals surface area contributed by atoms with E-state index in [1.165, 1.54) is 0 Å². The molecule has 0 radical (unpaired) electrons. The van der Waals surface area contributed by atoms with Gasteiger partial charge >= 0.3 is 0 Å². The van der Waals surface area contributed by atoms with E-state index >= 15 is 0 Å². The smallest absolute Gasteiger partial charge is 0.256 e. The van der Waals surface area contributed by atoms with Crippen molar-refractivity contribution in [2.24, 2.45) is 0 Å². The predicted octanol–water partition coefficient (Wildman–Crippen LogP) is 2.55. The van der Waals surface area contributed by atoms with Gasteiger partial charge in [0.2, 0.25) is 0 Å². The van der Waals surface area contributed by atoms with Crippen LogP contribution in [0.3, 0.4) is 0 Å². The Labute approximate surface area is 112 Å². The van der Waals surface area contributed by atoms with Crippen molar-refractivity contribution >= 4 is 17.5 Å². The van der Waals surface area contributed by atoms with Crippen LogP contribution in [0.5, 0.6) is 0 Å². The number of carbonyl (C=O) groups excluding carboxylic acids is 1. The molecule has 2 N–H and O–H groups in total. The van der Waals surface area contributed by atoms with Gasteiger partial charge in [0.25, 0.3) is 5.91 Å². The minimum atomic E-state index is -0.191. The first-order valence-corrected chi connectivity index (χ1v) is 6.23. The van der Waals surface area contributed by atoms with Crippen molar-refractivity contribution in [3.05, 3.63) is 48.0 Å². The third-order valence-electron chi connectivity index (χ3n) is 2.50. The Morgan fingerprint density at radius 2 is 1.74 bits per heavy atom. The molecule has 0 unspecified atom stereocenters. The second-order valence-electron chi connectivity index (χ2n) is 4.05. The van der Waals surface area contributed by atoms with E-state index in [1.807, 2.05) is 18.2 Å². The molecule has 0 spiro atoms. The van der Waals surface area contributed by atoms with Crippen molar-refractivity contribution < 1.29 is 4.79 Å². The molecule has 1 aromatic heterocycles. The summed E-state index contributed by atoms with van der Waals surface area (Å²) in [5, 5.41) is 13.8. The Morgan fingerprint density at radius 1 is 1.05 bits per heavy atom. The van der Waals surface area contributed by atoms with Crippen LogP contribution in [-0.4, -0.2) is 22.6 Å². The van der Waals surface area contributed by atoms with Gasteiger partial charge in [-0.15, -0.1) is 10.2 Å². The maximum absolute atomic E-state index is 11.9. The lowest BCUT2D eigenvalue weighted by molar-refractivity contribution is 0.102. The average molecular weight is 256 g/mol. The Morgan fingerprint density at radius 3 is 2.37 bits per heavy atom. The molecule has 1 aromatic carbocycles. The van der Waals surface area contributed by atoms with Gasteiger partial charge in [0, 0.05) is 12.1 Å². The van der Waals surface area contributed by atoms with Gasteiger partial charge < -0.3 is 10.6 Å². The van der Waals surface area contributed by atoms with Gasteiger partial charge in [-0.2, -0.15) is 0 Å². The number of benzene rings is 1. The Bertz CT molecular complexity index is 525. The molecule has 0 aliphatic rings. The van der Waals surface area contributed by atoms with E-state index in [0.717, 1.165) is 13.0 Å². The summed E-state index contributed by atoms with van der Waals surface area (Å²) >= 11 is 0. The Balaban J connectivity index is 1.98. The molecule has 1 heterocycles. The van der Waals surface area contributed by atoms with Crippen molar-refractivity contribution in [3.8, 4) is 0 Å². The number of amides is 1. The van der Waals surface area contributed by atoms with E-state index in [1.54, 1.807) is 24.3 Å². The number of nitrogens with one attached hydrogen (secondary N) is 2. The maximum atomic E-state index is 11.9. The quantitative estimate of drug-likeness (QED) is 0.862. The maximum Gasteiger partial charge on any atom is 0.256 e. The van der Waals surface area contributed by atoms with Crippen molar-refractivity contribution in [1.82, 2.24) is 10.2 Å². The van der Waals surface area contributed by atoms with Crippen LogP contribution in [0.15, 0.2) is 42.5 Å². The number of hydrogen-bond donors (Lipinski definition) is 2. The molecule has 0 bridgehead atoms. The van der Waals surface area contributed by atoms with E-state index in [4.69, 9.17) is 0 Å². The highest BCUT2D eigenvalue weighted by atomic mass is 16.1. The number of nitrogens with zero attached hydrogens (tertiary/aromatic N) is 2. The van der Waals surface area contributed by atoms with E-state index in [9.17, 15) is 4.79 Å². The Hall–Kier alpha value is -2.43. The van der Waals surface area contributed by atoms with Crippen LogP contribution in [0, 0.1) is 0 Å². The second-order valence-corrected chi connectivity index (χ2v) is 4.05. The zero-order valence-corrected chi connectivity index (χ0v) is 10.8. The highest BCUT2D eigenvalue weighted by molar-refractivity contribution is 6.03. The number of hydrogen-bond acceptors (Lipinski definition) is 4. The monoisotopic (exact) mass is 256 g/mol. The fraction of sp³-hybridized carbons (Fsp3) is 0.214. The summed E-state index contributed by atoms with van der Waals surface area (Å²) in [4.78, 5) is 11.9. The van der Waals surface area contributed by atoms with Crippen molar-refractivity contribution in [1.29, 1.82) is 0 Å². The van der Waals surface area contributed by atoms with Crippen LogP contribution in [0.4, 0.5) is 11.6 Å². The van der Waals surface area contributed by atoms with Crippen molar-refractivity contribution in [3.63, 3.8) is 0 Å². The zero-order chi connectivity index (χ0) is 13.5. The van der Waals surface area contributed by atoms with Gasteiger partial charge in [-0.3, -0.25) is 4.79 Å². The summed E-state index contributed by atoms with van der Waals surface area (Å²) in [6.07, 6.45) is 1.02. The van der Waals surface area contributed by atoms with Crippen LogP contribution in [0.1, 0.15) is 23.7 Å². The van der Waals surface area contributed by atoms with Crippen molar-refractivity contribution in [2.45, 2.75) is 13.3 Å². The molecule has 5 heteroatoms. The summed E-state index contributed by atoms with van der Waals surface area (Å²) < 4.78 is 0. The molecular formula is C14H16N4O. The molecule has 1 amide bonds. The first-order valence-electron chi connectivity index (χ1n) is 6.23. The normalized spacial score (nSPS) is 9.95. The minimum Gasteiger partial charge on any atom is -0.369 e. The lowest BCUT2D eigenvalue weighted by Crippen LogP contribution is -2.13. The molecule has 0 atom stereocenters. The summed E-state index contributed by atoms with van der Waals surface area (Å²) in [5.74, 6) is 0.958. The molecule has 2 rings (SSSR count). The average Bonchev–Trinajstić information content (AvgIpc) is 2.47. The number of anilines is 2. The number of rotatable bonds is 5. The lowest BCUT2D eigenvalue weighted by atomic mass is 10.2. The standard InChI is InChI=1S/C14H16N4O/c1-2-10-15-12-8-9-13(18-17-12)16-14(19)11-6-4-3-5-7-11/h3-9H,2,10H2,1H3,(H,15,17)(H,16,18,19). The molecule has 98 valence electrons. The number of aromatic nitrogens is 2. The molecule has 0 fully saturated rings. The molecule has 5 nitrogen and oxygen atoms in total. The van der Waals surface area contributed by atoms with E-state index < -0.39 is 0 Å². The first-order chi connectivity index (χ1) is 9.29. The summed E-state index contributed by atoms with van der Waals surface area (Å²) in [6.45, 7) is 2.93. The molecule has 19 heavy (non-hydrogen) atoms. The van der Waals surface area contributed by atoms with Crippen LogP contribution < -0.4 is 10.6 Å². The zero-order valence-electron chi connectivity index (χ0n) is 10.8. The first kappa shape index (κ1) is 13.0. The number of carbonyl (C=O) groups is 1. The van der Waals surface area contributed by atoms with Gasteiger partial charge in [0.05, 0.1) is 0 Å². The lowest BCUT2D eigenvalue weighted by Gasteiger charge is -2.05. The topological polar surface area (TPSA) is 66.9 Å². The predicted molar refractivity (Wildman–Crippen MR) is 75.2 cm³/mol. The van der Waals surface area contributed by atoms with Crippen LogP contribution >= 0.6 is 0 Å². The molecule has 0 saturated carbocycles. The summed E-state index contributed by atoms with van der Waals surface area (Å²) in [7, 11) is 0. The molecular weight excluding hydrogens is 240 g/mol. The van der Waals surface area contributed by atoms with E-state index in [2.05, 4.69) is 27.8 Å². The van der Waals surface area contributed by atoms with Crippen LogP contribution in [-0.2, 0) is 0 Å². The fourth-order valence-electron chi connectivity index (χ4n) is 1.52. The highest BCUT2D eigenvalue weighted by Gasteiger charge is 2.06. The van der Waals surface area contributed by atoms with Gasteiger partial charge in [-0.05, 0) is 30.7 Å². The van der Waals surface area contributed by atoms with Crippen LogP contribution in [0.25, 0.3) is 0 Å². The van der Waals surface area contributed by atoms with E-state index in [0.29, 0.717) is 17.2 Å². The SMILES string of the molecule is CCCNc1ccc(NC(=O)c2ccccc2)nn1. The molecule has 2 aromatic rings. The Kier molecular flexibility index (Phi) is 4.44. The molecule has 0 aliphatic heterocycles. The molecule has 0 saturated heterocycles. The summed E-state index contributed by atoms with van der Waals surface area (Å²) in [6, 6.07) is 12.5. The van der Waals surface area contributed by atoms with Gasteiger partial charge in [-0.25, -0.2) is 0 Å². The largest absolute Gasteiger partial charge is 0.369 e. The molecule has 0 aliphatic carbocycles. The second kappa shape index (κ2) is 6.49. The third kappa shape index (κ3) is 3.77. The summed E-state index contributed by atoms with van der Waals surface area (Å²) in [5.41, 5.74) is 0.595. The van der Waals surface area contributed by atoms with Gasteiger partial charge in [-0.1, -0.05) is 25.1 Å². The van der Waals surface area contributed by atoms with Gasteiger partial charge in [0.15, 0.2) is 5.82 Å². The third-order valence-corrected chi connectivity index (χ3v) is 2.50. The van der Waals surface area contributed by atoms with E-state index in [-0.39, 0.29) is 5.91 Å². The minimum absolute atomic E-state index is 0.191.